The number of methoxy groups -OCH3 is 1. The topological polar surface area (TPSA) is 38.3 Å². The first-order chi connectivity index (χ1) is 9.43. The van der Waals surface area contributed by atoms with Crippen LogP contribution in [0.5, 0.6) is 0 Å². The number of benzene rings is 1. The number of esters is 1. The predicted octanol–water partition coefficient (Wildman–Crippen LogP) is 2.92. The van der Waals surface area contributed by atoms with Gasteiger partial charge in [0.15, 0.2) is 0 Å². The molecule has 0 amide bonds. The van der Waals surface area contributed by atoms with Gasteiger partial charge in [0.1, 0.15) is 6.04 Å². The summed E-state index contributed by atoms with van der Waals surface area (Å²) in [5.41, 5.74) is -0.897. The maximum Gasteiger partial charge on any atom is 0.416 e. The Balaban J connectivity index is 2.29. The van der Waals surface area contributed by atoms with E-state index in [0.717, 1.165) is 18.9 Å². The van der Waals surface area contributed by atoms with E-state index in [9.17, 15) is 18.0 Å². The van der Waals surface area contributed by atoms with E-state index in [4.69, 9.17) is 0 Å². The van der Waals surface area contributed by atoms with Gasteiger partial charge in [0.25, 0.3) is 0 Å². The van der Waals surface area contributed by atoms with Crippen molar-refractivity contribution in [3.63, 3.8) is 0 Å². The molecular weight excluding hydrogens is 271 g/mol. The maximum absolute atomic E-state index is 13.0. The minimum atomic E-state index is -4.50. The zero-order valence-electron chi connectivity index (χ0n) is 11.0. The van der Waals surface area contributed by atoms with Crippen LogP contribution in [0.25, 0.3) is 0 Å². The molecule has 2 rings (SSSR count). The molecule has 1 aromatic carbocycles. The van der Waals surface area contributed by atoms with Crippen molar-refractivity contribution in [1.29, 1.82) is 0 Å². The standard InChI is InChI=1S/C14H16F3NO2/c1-20-13(19)12(18-8-9-6-7-9)10-4-2-3-5-11(10)14(15,16)17/h2-5,9,12,18H,6-8H2,1H3. The van der Waals surface area contributed by atoms with Crippen LogP contribution >= 0.6 is 0 Å². The molecule has 20 heavy (non-hydrogen) atoms. The first-order valence-electron chi connectivity index (χ1n) is 6.41. The van der Waals surface area contributed by atoms with Crippen LogP contribution in [0, 0.1) is 5.92 Å². The lowest BCUT2D eigenvalue weighted by Crippen LogP contribution is -2.32. The van der Waals surface area contributed by atoms with E-state index in [1.165, 1.54) is 25.3 Å². The summed E-state index contributed by atoms with van der Waals surface area (Å²) in [5.74, 6) is -0.262. The first-order valence-corrected chi connectivity index (χ1v) is 6.41. The van der Waals surface area contributed by atoms with E-state index >= 15 is 0 Å². The summed E-state index contributed by atoms with van der Waals surface area (Å²) in [6.07, 6.45) is -2.41. The van der Waals surface area contributed by atoms with Crippen LogP contribution in [0.15, 0.2) is 24.3 Å². The molecule has 1 aliphatic carbocycles. The molecule has 0 spiro atoms. The Morgan fingerprint density at radius 1 is 1.40 bits per heavy atom. The molecule has 110 valence electrons. The van der Waals surface area contributed by atoms with Gasteiger partial charge in [-0.15, -0.1) is 0 Å². The average Bonchev–Trinajstić information content (AvgIpc) is 3.22. The molecule has 1 atom stereocenters. The quantitative estimate of drug-likeness (QED) is 0.846. The second kappa shape index (κ2) is 5.83. The highest BCUT2D eigenvalue weighted by Gasteiger charge is 2.37. The summed E-state index contributed by atoms with van der Waals surface area (Å²) in [5, 5.41) is 2.89. The van der Waals surface area contributed by atoms with E-state index in [-0.39, 0.29) is 5.56 Å². The maximum atomic E-state index is 13.0. The number of hydrogen-bond acceptors (Lipinski definition) is 3. The van der Waals surface area contributed by atoms with Crippen molar-refractivity contribution >= 4 is 5.97 Å². The number of nitrogens with one attached hydrogen (secondary N) is 1. The molecule has 0 aliphatic heterocycles. The third-order valence-corrected chi connectivity index (χ3v) is 3.32. The van der Waals surface area contributed by atoms with Gasteiger partial charge in [-0.25, -0.2) is 4.79 Å². The Morgan fingerprint density at radius 3 is 2.60 bits per heavy atom. The normalized spacial score (nSPS) is 16.8. The van der Waals surface area contributed by atoms with Crippen LogP contribution in [0.2, 0.25) is 0 Å². The molecule has 0 heterocycles. The van der Waals surface area contributed by atoms with E-state index in [0.29, 0.717) is 12.5 Å². The van der Waals surface area contributed by atoms with Crippen LogP contribution in [-0.4, -0.2) is 19.6 Å². The molecule has 6 heteroatoms. The molecule has 1 aliphatic rings. The average molecular weight is 287 g/mol. The van der Waals surface area contributed by atoms with Crippen molar-refractivity contribution in [2.24, 2.45) is 5.92 Å². The fraction of sp³-hybridized carbons (Fsp3) is 0.500. The molecule has 0 bridgehead atoms. The monoisotopic (exact) mass is 287 g/mol. The Hall–Kier alpha value is -1.56. The van der Waals surface area contributed by atoms with Gasteiger partial charge < -0.3 is 10.1 Å². The van der Waals surface area contributed by atoms with Crippen LogP contribution in [-0.2, 0) is 15.7 Å². The van der Waals surface area contributed by atoms with Crippen molar-refractivity contribution in [2.75, 3.05) is 13.7 Å². The molecule has 3 nitrogen and oxygen atoms in total. The summed E-state index contributed by atoms with van der Waals surface area (Å²) in [4.78, 5) is 11.8. The van der Waals surface area contributed by atoms with Crippen molar-refractivity contribution in [2.45, 2.75) is 25.1 Å². The van der Waals surface area contributed by atoms with Crippen molar-refractivity contribution < 1.29 is 22.7 Å². The summed E-state index contributed by atoms with van der Waals surface area (Å²) in [6.45, 7) is 0.520. The van der Waals surface area contributed by atoms with E-state index in [1.807, 2.05) is 0 Å². The second-order valence-electron chi connectivity index (χ2n) is 4.89. The first kappa shape index (κ1) is 14.8. The zero-order valence-corrected chi connectivity index (χ0v) is 11.0. The highest BCUT2D eigenvalue weighted by Crippen LogP contribution is 2.35. The van der Waals surface area contributed by atoms with Crippen LogP contribution in [0.4, 0.5) is 13.2 Å². The highest BCUT2D eigenvalue weighted by atomic mass is 19.4. The number of rotatable bonds is 5. The fourth-order valence-electron chi connectivity index (χ4n) is 2.05. The second-order valence-corrected chi connectivity index (χ2v) is 4.89. The van der Waals surface area contributed by atoms with Gasteiger partial charge >= 0.3 is 12.1 Å². The van der Waals surface area contributed by atoms with E-state index < -0.39 is 23.8 Å². The summed E-state index contributed by atoms with van der Waals surface area (Å²) in [6, 6.07) is 3.99. The molecule has 1 saturated carbocycles. The molecular formula is C14H16F3NO2. The number of ether oxygens (including phenoxy) is 1. The van der Waals surface area contributed by atoms with Crippen LogP contribution < -0.4 is 5.32 Å². The van der Waals surface area contributed by atoms with E-state index in [1.54, 1.807) is 0 Å². The summed E-state index contributed by atoms with van der Waals surface area (Å²) < 4.78 is 43.6. The van der Waals surface area contributed by atoms with Gasteiger partial charge in [0.2, 0.25) is 0 Å². The van der Waals surface area contributed by atoms with Crippen LogP contribution in [0.1, 0.15) is 30.0 Å². The molecule has 1 aromatic rings. The molecule has 1 fully saturated rings. The van der Waals surface area contributed by atoms with Gasteiger partial charge in [0, 0.05) is 0 Å². The van der Waals surface area contributed by atoms with Gasteiger partial charge in [0.05, 0.1) is 12.7 Å². The zero-order chi connectivity index (χ0) is 14.8. The molecule has 1 N–H and O–H groups in total. The van der Waals surface area contributed by atoms with E-state index in [2.05, 4.69) is 10.1 Å². The smallest absolute Gasteiger partial charge is 0.416 e. The number of carbonyl (C=O) groups is 1. The largest absolute Gasteiger partial charge is 0.468 e. The van der Waals surface area contributed by atoms with Crippen LogP contribution in [0.3, 0.4) is 0 Å². The molecule has 0 radical (unpaired) electrons. The van der Waals surface area contributed by atoms with Gasteiger partial charge in [-0.3, -0.25) is 0 Å². The Labute approximate surface area is 115 Å². The third kappa shape index (κ3) is 3.50. The van der Waals surface area contributed by atoms with Crippen molar-refractivity contribution in [1.82, 2.24) is 5.32 Å². The fourth-order valence-corrected chi connectivity index (χ4v) is 2.05. The Morgan fingerprint density at radius 2 is 2.05 bits per heavy atom. The van der Waals surface area contributed by atoms with Crippen molar-refractivity contribution in [3.05, 3.63) is 35.4 Å². The molecule has 1 unspecified atom stereocenters. The predicted molar refractivity (Wildman–Crippen MR) is 66.9 cm³/mol. The summed E-state index contributed by atoms with van der Waals surface area (Å²) in [7, 11) is 1.17. The lowest BCUT2D eigenvalue weighted by atomic mass is 9.99. The number of alkyl halides is 3. The Kier molecular flexibility index (Phi) is 4.32. The Bertz CT molecular complexity index is 484. The number of hydrogen-bond donors (Lipinski definition) is 1. The minimum absolute atomic E-state index is 0.0903. The highest BCUT2D eigenvalue weighted by molar-refractivity contribution is 5.78. The van der Waals surface area contributed by atoms with Crippen molar-refractivity contribution in [3.8, 4) is 0 Å². The summed E-state index contributed by atoms with van der Waals surface area (Å²) >= 11 is 0. The lowest BCUT2D eigenvalue weighted by molar-refractivity contribution is -0.145. The third-order valence-electron chi connectivity index (χ3n) is 3.32. The van der Waals surface area contributed by atoms with Gasteiger partial charge in [-0.05, 0) is 36.9 Å². The van der Waals surface area contributed by atoms with Gasteiger partial charge in [-0.1, -0.05) is 18.2 Å². The lowest BCUT2D eigenvalue weighted by Gasteiger charge is -2.21. The SMILES string of the molecule is COC(=O)C(NCC1CC1)c1ccccc1C(F)(F)F. The van der Waals surface area contributed by atoms with Gasteiger partial charge in [-0.2, -0.15) is 13.2 Å². The molecule has 0 aromatic heterocycles. The number of carbonyl (C=O) groups excluding carboxylic acids is 1. The number of halogens is 3. The minimum Gasteiger partial charge on any atom is -0.468 e. The molecule has 0 saturated heterocycles.